The quantitative estimate of drug-likeness (QED) is 0.713. The van der Waals surface area contributed by atoms with Crippen molar-refractivity contribution in [3.05, 3.63) is 69.8 Å². The van der Waals surface area contributed by atoms with Crippen LogP contribution in [0.3, 0.4) is 0 Å². The first-order chi connectivity index (χ1) is 13.3. The third kappa shape index (κ3) is 4.57. The zero-order valence-corrected chi connectivity index (χ0v) is 16.7. The van der Waals surface area contributed by atoms with Gasteiger partial charge in [-0.3, -0.25) is 9.59 Å². The largest absolute Gasteiger partial charge is 0.484 e. The summed E-state index contributed by atoms with van der Waals surface area (Å²) in [4.78, 5) is 34.0. The van der Waals surface area contributed by atoms with Crippen LogP contribution < -0.4 is 10.3 Å². The summed E-state index contributed by atoms with van der Waals surface area (Å²) < 4.78 is 5.71. The van der Waals surface area contributed by atoms with E-state index in [1.807, 2.05) is 45.9 Å². The number of hydrogen-bond donors (Lipinski definition) is 1. The van der Waals surface area contributed by atoms with Crippen molar-refractivity contribution in [2.24, 2.45) is 0 Å². The first-order valence-corrected chi connectivity index (χ1v) is 9.32. The maximum absolute atomic E-state index is 12.8. The van der Waals surface area contributed by atoms with E-state index in [1.54, 1.807) is 23.1 Å². The SMILES string of the molecule is Cc1cc(C)cc(OCC(=O)N(Cc2nc3ccccc3c(=O)[nH]2)C(C)C)c1. The second-order valence-electron chi connectivity index (χ2n) is 7.26. The van der Waals surface area contributed by atoms with Crippen molar-refractivity contribution in [3.8, 4) is 5.75 Å². The number of ether oxygens (including phenoxy) is 1. The number of aryl methyl sites for hydroxylation is 2. The second kappa shape index (κ2) is 8.25. The fourth-order valence-corrected chi connectivity index (χ4v) is 3.17. The van der Waals surface area contributed by atoms with E-state index in [0.29, 0.717) is 22.5 Å². The Kier molecular flexibility index (Phi) is 5.78. The van der Waals surface area contributed by atoms with Gasteiger partial charge in [0.2, 0.25) is 0 Å². The van der Waals surface area contributed by atoms with E-state index in [-0.39, 0.29) is 30.7 Å². The van der Waals surface area contributed by atoms with Crippen molar-refractivity contribution in [2.45, 2.75) is 40.3 Å². The number of para-hydroxylation sites is 1. The number of nitrogens with one attached hydrogen (secondary N) is 1. The lowest BCUT2D eigenvalue weighted by atomic mass is 10.1. The van der Waals surface area contributed by atoms with Gasteiger partial charge in [-0.1, -0.05) is 18.2 Å². The molecule has 1 aromatic heterocycles. The summed E-state index contributed by atoms with van der Waals surface area (Å²) >= 11 is 0. The van der Waals surface area contributed by atoms with E-state index in [0.717, 1.165) is 11.1 Å². The Morgan fingerprint density at radius 1 is 1.14 bits per heavy atom. The van der Waals surface area contributed by atoms with Gasteiger partial charge in [-0.05, 0) is 63.1 Å². The first-order valence-electron chi connectivity index (χ1n) is 9.32. The van der Waals surface area contributed by atoms with Gasteiger partial charge in [0.05, 0.1) is 17.4 Å². The minimum absolute atomic E-state index is 0.0629. The van der Waals surface area contributed by atoms with Gasteiger partial charge in [-0.2, -0.15) is 0 Å². The monoisotopic (exact) mass is 379 g/mol. The summed E-state index contributed by atoms with van der Waals surface area (Å²) in [6.07, 6.45) is 0. The lowest BCUT2D eigenvalue weighted by Gasteiger charge is -2.26. The maximum Gasteiger partial charge on any atom is 0.261 e. The van der Waals surface area contributed by atoms with Crippen molar-refractivity contribution >= 4 is 16.8 Å². The number of aromatic nitrogens is 2. The van der Waals surface area contributed by atoms with Gasteiger partial charge in [0.25, 0.3) is 11.5 Å². The Morgan fingerprint density at radius 2 is 1.82 bits per heavy atom. The zero-order chi connectivity index (χ0) is 20.3. The standard InChI is InChI=1S/C22H25N3O3/c1-14(2)25(21(26)13-28-17-10-15(3)9-16(4)11-17)12-20-23-19-8-6-5-7-18(19)22(27)24-20/h5-11,14H,12-13H2,1-4H3,(H,23,24,27). The number of H-pyrrole nitrogens is 1. The van der Waals surface area contributed by atoms with Crippen molar-refractivity contribution in [1.29, 1.82) is 0 Å². The minimum Gasteiger partial charge on any atom is -0.484 e. The molecule has 1 heterocycles. The van der Waals surface area contributed by atoms with Crippen molar-refractivity contribution in [1.82, 2.24) is 14.9 Å². The summed E-state index contributed by atoms with van der Waals surface area (Å²) in [6.45, 7) is 7.97. The number of amides is 1. The molecule has 0 bridgehead atoms. The smallest absolute Gasteiger partial charge is 0.261 e. The molecule has 3 aromatic rings. The summed E-state index contributed by atoms with van der Waals surface area (Å²) in [7, 11) is 0. The van der Waals surface area contributed by atoms with Gasteiger partial charge in [0.15, 0.2) is 6.61 Å². The van der Waals surface area contributed by atoms with Crippen LogP contribution in [0.2, 0.25) is 0 Å². The third-order valence-electron chi connectivity index (χ3n) is 4.48. The van der Waals surface area contributed by atoms with Crippen LogP contribution in [0.1, 0.15) is 30.8 Å². The number of carbonyl (C=O) groups excluding carboxylic acids is 1. The number of carbonyl (C=O) groups is 1. The van der Waals surface area contributed by atoms with E-state index in [1.165, 1.54) is 0 Å². The van der Waals surface area contributed by atoms with Gasteiger partial charge >= 0.3 is 0 Å². The van der Waals surface area contributed by atoms with Gasteiger partial charge in [0.1, 0.15) is 11.6 Å². The van der Waals surface area contributed by atoms with Crippen LogP contribution in [0, 0.1) is 13.8 Å². The molecule has 0 spiro atoms. The average molecular weight is 379 g/mol. The molecular weight excluding hydrogens is 354 g/mol. The molecule has 0 fully saturated rings. The van der Waals surface area contributed by atoms with Gasteiger partial charge in [-0.25, -0.2) is 4.98 Å². The normalized spacial score (nSPS) is 11.0. The van der Waals surface area contributed by atoms with E-state index >= 15 is 0 Å². The Hall–Kier alpha value is -3.15. The fraction of sp³-hybridized carbons (Fsp3) is 0.318. The highest BCUT2D eigenvalue weighted by molar-refractivity contribution is 5.79. The molecule has 2 aromatic carbocycles. The highest BCUT2D eigenvalue weighted by atomic mass is 16.5. The van der Waals surface area contributed by atoms with Crippen LogP contribution >= 0.6 is 0 Å². The molecule has 0 unspecified atom stereocenters. The number of fused-ring (bicyclic) bond motifs is 1. The lowest BCUT2D eigenvalue weighted by Crippen LogP contribution is -2.40. The minimum atomic E-state index is -0.205. The average Bonchev–Trinajstić information content (AvgIpc) is 2.63. The van der Waals surface area contributed by atoms with E-state index in [4.69, 9.17) is 4.74 Å². The van der Waals surface area contributed by atoms with Crippen LogP contribution in [-0.2, 0) is 11.3 Å². The molecule has 6 heteroatoms. The van der Waals surface area contributed by atoms with Gasteiger partial charge in [0, 0.05) is 6.04 Å². The summed E-state index contributed by atoms with van der Waals surface area (Å²) in [6, 6.07) is 13.0. The van der Waals surface area contributed by atoms with Crippen LogP contribution in [0.5, 0.6) is 5.75 Å². The number of nitrogens with zero attached hydrogens (tertiary/aromatic N) is 2. The zero-order valence-electron chi connectivity index (χ0n) is 16.7. The van der Waals surface area contributed by atoms with Crippen LogP contribution in [0.15, 0.2) is 47.3 Å². The predicted molar refractivity (Wildman–Crippen MR) is 109 cm³/mol. The Balaban J connectivity index is 1.76. The molecule has 0 atom stereocenters. The molecule has 1 N–H and O–H groups in total. The molecule has 3 rings (SSSR count). The Morgan fingerprint density at radius 3 is 2.50 bits per heavy atom. The number of benzene rings is 2. The van der Waals surface area contributed by atoms with Crippen molar-refractivity contribution in [2.75, 3.05) is 6.61 Å². The molecule has 0 saturated carbocycles. The molecule has 28 heavy (non-hydrogen) atoms. The van der Waals surface area contributed by atoms with Crippen molar-refractivity contribution < 1.29 is 9.53 Å². The maximum atomic E-state index is 12.8. The van der Waals surface area contributed by atoms with E-state index in [9.17, 15) is 9.59 Å². The topological polar surface area (TPSA) is 75.3 Å². The third-order valence-corrected chi connectivity index (χ3v) is 4.48. The summed E-state index contributed by atoms with van der Waals surface area (Å²) in [5, 5.41) is 0.534. The molecule has 6 nitrogen and oxygen atoms in total. The van der Waals surface area contributed by atoms with Crippen molar-refractivity contribution in [3.63, 3.8) is 0 Å². The van der Waals surface area contributed by atoms with Gasteiger partial charge in [-0.15, -0.1) is 0 Å². The molecule has 0 aliphatic heterocycles. The molecule has 0 aliphatic rings. The Bertz CT molecular complexity index is 1040. The summed E-state index contributed by atoms with van der Waals surface area (Å²) in [5.74, 6) is 0.967. The molecule has 0 saturated heterocycles. The Labute approximate surface area is 164 Å². The number of hydrogen-bond acceptors (Lipinski definition) is 4. The van der Waals surface area contributed by atoms with Crippen LogP contribution in [0.25, 0.3) is 10.9 Å². The molecule has 146 valence electrons. The van der Waals surface area contributed by atoms with E-state index < -0.39 is 0 Å². The molecule has 0 radical (unpaired) electrons. The number of aromatic amines is 1. The predicted octanol–water partition coefficient (Wildman–Crippen LogP) is 3.36. The molecule has 1 amide bonds. The summed E-state index contributed by atoms with van der Waals surface area (Å²) in [5.41, 5.74) is 2.58. The fourth-order valence-electron chi connectivity index (χ4n) is 3.17. The highest BCUT2D eigenvalue weighted by Gasteiger charge is 2.19. The molecular formula is C22H25N3O3. The van der Waals surface area contributed by atoms with Crippen LogP contribution in [-0.4, -0.2) is 33.4 Å². The number of rotatable bonds is 6. The molecule has 0 aliphatic carbocycles. The van der Waals surface area contributed by atoms with Crippen LogP contribution in [0.4, 0.5) is 0 Å². The lowest BCUT2D eigenvalue weighted by molar-refractivity contribution is -0.135. The first kappa shape index (κ1) is 19.6. The van der Waals surface area contributed by atoms with E-state index in [2.05, 4.69) is 16.0 Å². The highest BCUT2D eigenvalue weighted by Crippen LogP contribution is 2.17. The second-order valence-corrected chi connectivity index (χ2v) is 7.26. The van der Waals surface area contributed by atoms with Gasteiger partial charge < -0.3 is 14.6 Å².